The van der Waals surface area contributed by atoms with E-state index in [-0.39, 0.29) is 31.1 Å². The molecule has 0 aliphatic rings. The van der Waals surface area contributed by atoms with Gasteiger partial charge in [0.15, 0.2) is 6.10 Å². The zero-order valence-corrected chi connectivity index (χ0v) is 44.7. The van der Waals surface area contributed by atoms with Crippen LogP contribution in [0.25, 0.3) is 0 Å². The van der Waals surface area contributed by atoms with Gasteiger partial charge in [-0.1, -0.05) is 262 Å². The maximum Gasteiger partial charge on any atom is 0.306 e. The number of hydrogen-bond donors (Lipinski definition) is 0. The minimum Gasteiger partial charge on any atom is -0.462 e. The van der Waals surface area contributed by atoms with Crippen LogP contribution in [0.4, 0.5) is 0 Å². The standard InChI is InChI=1S/C61H110O6/c1-4-7-10-13-16-19-22-25-27-29-31-33-34-36-39-42-45-48-51-54-60(63)66-57-58(56-65-59(62)53-50-47-44-41-38-24-21-18-15-12-9-6-3)67-61(64)55-52-49-46-43-40-37-35-32-30-28-26-23-20-17-14-11-8-5-2/h23,26,28-32,35,58H,4-22,24-25,27,33-34,36-57H2,1-3H3/b26-23-,30-28-,31-29-,35-32-. The van der Waals surface area contributed by atoms with E-state index < -0.39 is 6.10 Å². The molecule has 0 saturated carbocycles. The fourth-order valence-corrected chi connectivity index (χ4v) is 8.44. The van der Waals surface area contributed by atoms with Crippen molar-refractivity contribution in [3.05, 3.63) is 48.6 Å². The number of ether oxygens (including phenoxy) is 3. The SMILES string of the molecule is CCCCCCC\C=C/C=C\C=C/CCCCCCCC(=O)OC(COC(=O)CCCCCCCCC/C=C\CCCCCCCCCC)COC(=O)CCCCCCCCCCCCCC. The first kappa shape index (κ1) is 64.4. The summed E-state index contributed by atoms with van der Waals surface area (Å²) >= 11 is 0. The Bertz CT molecular complexity index is 1170. The molecule has 0 N–H and O–H groups in total. The highest BCUT2D eigenvalue weighted by Crippen LogP contribution is 2.16. The van der Waals surface area contributed by atoms with Gasteiger partial charge in [0.25, 0.3) is 0 Å². The van der Waals surface area contributed by atoms with E-state index in [0.29, 0.717) is 19.3 Å². The summed E-state index contributed by atoms with van der Waals surface area (Å²) in [6.07, 6.45) is 68.1. The maximum atomic E-state index is 12.8. The largest absolute Gasteiger partial charge is 0.462 e. The Morgan fingerprint density at radius 2 is 0.552 bits per heavy atom. The van der Waals surface area contributed by atoms with Crippen molar-refractivity contribution >= 4 is 17.9 Å². The molecule has 0 radical (unpaired) electrons. The third-order valence-corrected chi connectivity index (χ3v) is 12.9. The lowest BCUT2D eigenvalue weighted by atomic mass is 10.0. The molecule has 0 aromatic rings. The summed E-state index contributed by atoms with van der Waals surface area (Å²) in [5, 5.41) is 0. The molecule has 1 atom stereocenters. The molecule has 0 rings (SSSR count). The third kappa shape index (κ3) is 54.2. The molecule has 0 bridgehead atoms. The number of esters is 3. The van der Waals surface area contributed by atoms with Crippen molar-refractivity contribution in [3.8, 4) is 0 Å². The molecule has 0 amide bonds. The second-order valence-corrected chi connectivity index (χ2v) is 19.6. The van der Waals surface area contributed by atoms with Crippen LogP contribution in [-0.4, -0.2) is 37.2 Å². The van der Waals surface area contributed by atoms with Crippen molar-refractivity contribution in [1.82, 2.24) is 0 Å². The summed E-state index contributed by atoms with van der Waals surface area (Å²) in [6, 6.07) is 0. The highest BCUT2D eigenvalue weighted by atomic mass is 16.6. The lowest BCUT2D eigenvalue weighted by molar-refractivity contribution is -0.167. The molecule has 0 heterocycles. The average Bonchev–Trinajstić information content (AvgIpc) is 3.33. The van der Waals surface area contributed by atoms with Crippen LogP contribution >= 0.6 is 0 Å². The molecule has 0 fully saturated rings. The van der Waals surface area contributed by atoms with Crippen LogP contribution in [-0.2, 0) is 28.6 Å². The van der Waals surface area contributed by atoms with Gasteiger partial charge in [0.1, 0.15) is 13.2 Å². The summed E-state index contributed by atoms with van der Waals surface area (Å²) in [5.74, 6) is -0.891. The fraction of sp³-hybridized carbons (Fsp3) is 0.820. The lowest BCUT2D eigenvalue weighted by Crippen LogP contribution is -2.30. The Hall–Kier alpha value is -2.63. The van der Waals surface area contributed by atoms with Gasteiger partial charge in [-0.15, -0.1) is 0 Å². The first-order valence-corrected chi connectivity index (χ1v) is 29.2. The highest BCUT2D eigenvalue weighted by molar-refractivity contribution is 5.71. The molecule has 390 valence electrons. The number of carbonyl (C=O) groups is 3. The Morgan fingerprint density at radius 3 is 0.866 bits per heavy atom. The van der Waals surface area contributed by atoms with E-state index in [1.54, 1.807) is 0 Å². The Labute approximate surface area is 416 Å². The predicted molar refractivity (Wildman–Crippen MR) is 289 cm³/mol. The van der Waals surface area contributed by atoms with E-state index in [9.17, 15) is 14.4 Å². The van der Waals surface area contributed by atoms with Crippen LogP contribution in [0.1, 0.15) is 303 Å². The minimum absolute atomic E-state index is 0.0801. The zero-order chi connectivity index (χ0) is 48.6. The van der Waals surface area contributed by atoms with Crippen molar-refractivity contribution in [2.45, 2.75) is 309 Å². The van der Waals surface area contributed by atoms with Crippen LogP contribution in [0.15, 0.2) is 48.6 Å². The van der Waals surface area contributed by atoms with Crippen molar-refractivity contribution < 1.29 is 28.6 Å². The second kappa shape index (κ2) is 56.0. The third-order valence-electron chi connectivity index (χ3n) is 12.9. The molecule has 0 aromatic carbocycles. The van der Waals surface area contributed by atoms with Gasteiger partial charge < -0.3 is 14.2 Å². The summed E-state index contributed by atoms with van der Waals surface area (Å²) in [5.41, 5.74) is 0. The molecule has 0 spiro atoms. The van der Waals surface area contributed by atoms with Crippen molar-refractivity contribution in [2.24, 2.45) is 0 Å². The van der Waals surface area contributed by atoms with E-state index >= 15 is 0 Å². The Kier molecular flexibility index (Phi) is 53.8. The fourth-order valence-electron chi connectivity index (χ4n) is 8.44. The predicted octanol–water partition coefficient (Wildman–Crippen LogP) is 19.4. The topological polar surface area (TPSA) is 78.9 Å². The first-order chi connectivity index (χ1) is 33.0. The molecule has 0 saturated heterocycles. The first-order valence-electron chi connectivity index (χ1n) is 29.2. The van der Waals surface area contributed by atoms with Crippen LogP contribution in [0.2, 0.25) is 0 Å². The highest BCUT2D eigenvalue weighted by Gasteiger charge is 2.19. The van der Waals surface area contributed by atoms with Crippen LogP contribution in [0.3, 0.4) is 0 Å². The van der Waals surface area contributed by atoms with Crippen LogP contribution < -0.4 is 0 Å². The van der Waals surface area contributed by atoms with Crippen molar-refractivity contribution in [3.63, 3.8) is 0 Å². The van der Waals surface area contributed by atoms with Crippen LogP contribution in [0, 0.1) is 0 Å². The number of carbonyl (C=O) groups excluding carboxylic acids is 3. The second-order valence-electron chi connectivity index (χ2n) is 19.6. The molecular formula is C61H110O6. The zero-order valence-electron chi connectivity index (χ0n) is 44.7. The number of hydrogen-bond acceptors (Lipinski definition) is 6. The minimum atomic E-state index is -0.783. The van der Waals surface area contributed by atoms with Gasteiger partial charge in [-0.2, -0.15) is 0 Å². The number of allylic oxidation sites excluding steroid dienone is 8. The molecule has 6 heteroatoms. The van der Waals surface area contributed by atoms with E-state index in [2.05, 4.69) is 69.4 Å². The van der Waals surface area contributed by atoms with Gasteiger partial charge in [0, 0.05) is 19.3 Å². The van der Waals surface area contributed by atoms with Gasteiger partial charge in [0.05, 0.1) is 0 Å². The molecule has 0 aliphatic heterocycles. The molecule has 1 unspecified atom stereocenters. The molecular weight excluding hydrogens is 829 g/mol. The van der Waals surface area contributed by atoms with Gasteiger partial charge in [-0.05, 0) is 70.6 Å². The quantitative estimate of drug-likeness (QED) is 0.0199. The van der Waals surface area contributed by atoms with E-state index in [1.165, 1.54) is 186 Å². The average molecular weight is 940 g/mol. The number of unbranched alkanes of at least 4 members (excludes halogenated alkanes) is 36. The molecule has 67 heavy (non-hydrogen) atoms. The maximum absolute atomic E-state index is 12.8. The summed E-state index contributed by atoms with van der Waals surface area (Å²) in [4.78, 5) is 38.1. The molecule has 6 nitrogen and oxygen atoms in total. The summed E-state index contributed by atoms with van der Waals surface area (Å²) in [7, 11) is 0. The van der Waals surface area contributed by atoms with E-state index in [0.717, 1.165) is 77.0 Å². The molecule has 0 aliphatic carbocycles. The van der Waals surface area contributed by atoms with Crippen LogP contribution in [0.5, 0.6) is 0 Å². The monoisotopic (exact) mass is 939 g/mol. The molecule has 0 aromatic heterocycles. The van der Waals surface area contributed by atoms with Crippen molar-refractivity contribution in [1.29, 1.82) is 0 Å². The normalized spacial score (nSPS) is 12.3. The lowest BCUT2D eigenvalue weighted by Gasteiger charge is -2.18. The summed E-state index contributed by atoms with van der Waals surface area (Å²) in [6.45, 7) is 6.63. The van der Waals surface area contributed by atoms with Gasteiger partial charge in [-0.3, -0.25) is 14.4 Å². The number of rotatable bonds is 53. The van der Waals surface area contributed by atoms with E-state index in [4.69, 9.17) is 14.2 Å². The smallest absolute Gasteiger partial charge is 0.306 e. The van der Waals surface area contributed by atoms with Gasteiger partial charge in [-0.25, -0.2) is 0 Å². The van der Waals surface area contributed by atoms with Gasteiger partial charge >= 0.3 is 17.9 Å². The van der Waals surface area contributed by atoms with Gasteiger partial charge in [0.2, 0.25) is 0 Å². The summed E-state index contributed by atoms with van der Waals surface area (Å²) < 4.78 is 16.9. The Balaban J connectivity index is 4.37. The Morgan fingerprint density at radius 1 is 0.299 bits per heavy atom. The van der Waals surface area contributed by atoms with E-state index in [1.807, 2.05) is 0 Å². The van der Waals surface area contributed by atoms with Crippen molar-refractivity contribution in [2.75, 3.05) is 13.2 Å².